The lowest BCUT2D eigenvalue weighted by Crippen LogP contribution is -2.29. The van der Waals surface area contributed by atoms with E-state index in [1.807, 2.05) is 24.3 Å². The molecule has 8 nitrogen and oxygen atoms in total. The molecular formula is C49H77O8P. The van der Waals surface area contributed by atoms with Crippen LogP contribution in [0.15, 0.2) is 122 Å². The van der Waals surface area contributed by atoms with Crippen molar-refractivity contribution in [1.29, 1.82) is 0 Å². The maximum Gasteiger partial charge on any atom is 0.469 e. The lowest BCUT2D eigenvalue weighted by atomic mass is 10.1. The molecule has 0 aliphatic rings. The van der Waals surface area contributed by atoms with Crippen LogP contribution in [0, 0.1) is 0 Å². The summed E-state index contributed by atoms with van der Waals surface area (Å²) in [7, 11) is -4.80. The molecule has 0 aromatic heterocycles. The number of phosphoric acid groups is 1. The van der Waals surface area contributed by atoms with Gasteiger partial charge in [-0.05, 0) is 89.9 Å². The third-order valence-corrected chi connectivity index (χ3v) is 8.96. The van der Waals surface area contributed by atoms with E-state index >= 15 is 0 Å². The highest BCUT2D eigenvalue weighted by atomic mass is 31.2. The molecule has 0 amide bonds. The molecule has 0 aliphatic carbocycles. The van der Waals surface area contributed by atoms with Crippen LogP contribution in [0.25, 0.3) is 0 Å². The summed E-state index contributed by atoms with van der Waals surface area (Å²) in [6.07, 6.45) is 62.3. The molecule has 0 heterocycles. The van der Waals surface area contributed by atoms with Gasteiger partial charge >= 0.3 is 19.8 Å². The second-order valence-corrected chi connectivity index (χ2v) is 15.2. The average molecular weight is 825 g/mol. The Bertz CT molecular complexity index is 1340. The number of phosphoric ester groups is 1. The number of allylic oxidation sites excluding steroid dienone is 20. The Kier molecular flexibility index (Phi) is 40.4. The van der Waals surface area contributed by atoms with Gasteiger partial charge in [-0.25, -0.2) is 4.57 Å². The van der Waals surface area contributed by atoms with E-state index in [0.29, 0.717) is 19.3 Å². The molecule has 0 aliphatic heterocycles. The number of unbranched alkanes of at least 4 members (excludes halogenated alkanes) is 8. The van der Waals surface area contributed by atoms with Crippen LogP contribution < -0.4 is 0 Å². The van der Waals surface area contributed by atoms with Crippen LogP contribution in [-0.4, -0.2) is 41.0 Å². The van der Waals surface area contributed by atoms with Crippen molar-refractivity contribution in [2.24, 2.45) is 0 Å². The minimum atomic E-state index is -4.80. The minimum Gasteiger partial charge on any atom is -0.462 e. The predicted molar refractivity (Wildman–Crippen MR) is 243 cm³/mol. The predicted octanol–water partition coefficient (Wildman–Crippen LogP) is 13.7. The molecule has 0 rings (SSSR count). The average Bonchev–Trinajstić information content (AvgIpc) is 3.20. The van der Waals surface area contributed by atoms with E-state index < -0.39 is 32.5 Å². The van der Waals surface area contributed by atoms with Gasteiger partial charge in [0.15, 0.2) is 6.10 Å². The maximum absolute atomic E-state index is 12.4. The fraction of sp³-hybridized carbons (Fsp3) is 0.551. The summed E-state index contributed by atoms with van der Waals surface area (Å²) in [5.74, 6) is -1.06. The third-order valence-electron chi connectivity index (χ3n) is 8.48. The minimum absolute atomic E-state index is 0.113. The number of hydrogen-bond acceptors (Lipinski definition) is 6. The zero-order valence-corrected chi connectivity index (χ0v) is 36.8. The van der Waals surface area contributed by atoms with Gasteiger partial charge in [0.2, 0.25) is 0 Å². The van der Waals surface area contributed by atoms with Crippen LogP contribution >= 0.6 is 7.82 Å². The Morgan fingerprint density at radius 3 is 1.31 bits per heavy atom. The van der Waals surface area contributed by atoms with Gasteiger partial charge in [-0.2, -0.15) is 0 Å². The zero-order valence-electron chi connectivity index (χ0n) is 35.9. The molecule has 2 N–H and O–H groups in total. The Balaban J connectivity index is 4.16. The first-order valence-electron chi connectivity index (χ1n) is 21.8. The van der Waals surface area contributed by atoms with Crippen molar-refractivity contribution >= 4 is 19.8 Å². The molecular weight excluding hydrogens is 748 g/mol. The van der Waals surface area contributed by atoms with Crippen LogP contribution in [0.4, 0.5) is 0 Å². The first-order chi connectivity index (χ1) is 28.3. The van der Waals surface area contributed by atoms with Gasteiger partial charge in [0, 0.05) is 12.8 Å². The number of hydrogen-bond donors (Lipinski definition) is 2. The van der Waals surface area contributed by atoms with Gasteiger partial charge in [-0.3, -0.25) is 14.1 Å². The Morgan fingerprint density at radius 2 is 0.862 bits per heavy atom. The number of carbonyl (C=O) groups excluding carboxylic acids is 2. The summed E-state index contributed by atoms with van der Waals surface area (Å²) in [5.41, 5.74) is 0. The number of ether oxygens (including phenoxy) is 2. The highest BCUT2D eigenvalue weighted by Gasteiger charge is 2.22. The molecule has 9 heteroatoms. The lowest BCUT2D eigenvalue weighted by molar-refractivity contribution is -0.161. The van der Waals surface area contributed by atoms with Gasteiger partial charge < -0.3 is 19.3 Å². The van der Waals surface area contributed by atoms with E-state index in [0.717, 1.165) is 57.8 Å². The molecule has 0 unspecified atom stereocenters. The van der Waals surface area contributed by atoms with E-state index in [9.17, 15) is 14.2 Å². The molecule has 0 saturated heterocycles. The second-order valence-electron chi connectivity index (χ2n) is 13.9. The standard InChI is InChI=1S/C49H77O8P/c1-3-5-7-9-11-13-15-17-19-21-23-24-26-28-30-32-34-36-38-40-42-44-49(51)57-47(46-56-58(52,53)54)45-55-48(50)43-41-39-37-35-33-31-29-27-25-22-20-18-16-14-12-10-8-6-4-2/h6,8,12,14,18-21,24-27,30-33,36-39,47H,3-5,7,9-11,13,15-17,22-23,28-29,34-35,40-46H2,1-2H3,(H2,52,53,54)/b8-6+,14-12+,20-18+,21-19+,26-24+,27-25+,32-30+,33-31+,38-36+,39-37+/t47-/m1/s1. The number of esters is 2. The van der Waals surface area contributed by atoms with Crippen molar-refractivity contribution < 1.29 is 37.9 Å². The molecule has 326 valence electrons. The number of rotatable bonds is 38. The zero-order chi connectivity index (χ0) is 42.5. The van der Waals surface area contributed by atoms with Crippen molar-refractivity contribution in [3.8, 4) is 0 Å². The first-order valence-corrected chi connectivity index (χ1v) is 23.4. The van der Waals surface area contributed by atoms with Gasteiger partial charge in [0.05, 0.1) is 6.61 Å². The first kappa shape index (κ1) is 54.5. The second kappa shape index (κ2) is 43.0. The van der Waals surface area contributed by atoms with Crippen molar-refractivity contribution in [2.45, 2.75) is 161 Å². The van der Waals surface area contributed by atoms with Crippen molar-refractivity contribution in [2.75, 3.05) is 13.2 Å². The van der Waals surface area contributed by atoms with Gasteiger partial charge in [0.25, 0.3) is 0 Å². The molecule has 58 heavy (non-hydrogen) atoms. The molecule has 0 aromatic rings. The summed E-state index contributed by atoms with van der Waals surface area (Å²) < 4.78 is 26.3. The normalized spacial score (nSPS) is 13.7. The van der Waals surface area contributed by atoms with Crippen LogP contribution in [0.1, 0.15) is 155 Å². The van der Waals surface area contributed by atoms with Crippen LogP contribution in [0.5, 0.6) is 0 Å². The maximum atomic E-state index is 12.4. The van der Waals surface area contributed by atoms with Crippen LogP contribution in [0.2, 0.25) is 0 Å². The molecule has 0 saturated carbocycles. The van der Waals surface area contributed by atoms with E-state index in [4.69, 9.17) is 19.3 Å². The summed E-state index contributed by atoms with van der Waals surface area (Å²) in [5, 5.41) is 0. The van der Waals surface area contributed by atoms with E-state index in [-0.39, 0.29) is 19.4 Å². The number of carbonyl (C=O) groups is 2. The molecule has 0 radical (unpaired) electrons. The van der Waals surface area contributed by atoms with Crippen LogP contribution in [-0.2, 0) is 28.2 Å². The SMILES string of the molecule is CC/C=C/C/C=C/C/C=C/C/C=C/C/C=C/C/C=C/CCC(=O)OC[C@H](COP(=O)(O)O)OC(=O)CCC/C=C/C/C=C/C/C=C/C/C=C/CCCCCCCCC. The van der Waals surface area contributed by atoms with Crippen molar-refractivity contribution in [3.63, 3.8) is 0 Å². The summed E-state index contributed by atoms with van der Waals surface area (Å²) >= 11 is 0. The van der Waals surface area contributed by atoms with E-state index in [2.05, 4.69) is 116 Å². The molecule has 1 atom stereocenters. The molecule has 0 spiro atoms. The highest BCUT2D eigenvalue weighted by molar-refractivity contribution is 7.46. The molecule has 0 bridgehead atoms. The largest absolute Gasteiger partial charge is 0.469 e. The van der Waals surface area contributed by atoms with Crippen molar-refractivity contribution in [1.82, 2.24) is 0 Å². The topological polar surface area (TPSA) is 119 Å². The summed E-state index contributed by atoms with van der Waals surface area (Å²) in [6, 6.07) is 0. The Hall–Kier alpha value is -3.55. The Morgan fingerprint density at radius 1 is 0.466 bits per heavy atom. The quantitative estimate of drug-likeness (QED) is 0.0273. The Labute approximate surface area is 352 Å². The fourth-order valence-corrected chi connectivity index (χ4v) is 5.63. The molecule has 0 fully saturated rings. The van der Waals surface area contributed by atoms with Gasteiger partial charge in [0.1, 0.15) is 6.61 Å². The van der Waals surface area contributed by atoms with E-state index in [1.165, 1.54) is 51.4 Å². The van der Waals surface area contributed by atoms with Gasteiger partial charge in [-0.15, -0.1) is 0 Å². The molecule has 0 aromatic carbocycles. The lowest BCUT2D eigenvalue weighted by Gasteiger charge is -2.18. The fourth-order valence-electron chi connectivity index (χ4n) is 5.27. The van der Waals surface area contributed by atoms with E-state index in [1.54, 1.807) is 0 Å². The smallest absolute Gasteiger partial charge is 0.462 e. The van der Waals surface area contributed by atoms with Crippen LogP contribution in [0.3, 0.4) is 0 Å². The van der Waals surface area contributed by atoms with Crippen molar-refractivity contribution in [3.05, 3.63) is 122 Å². The van der Waals surface area contributed by atoms with Gasteiger partial charge in [-0.1, -0.05) is 174 Å². The summed E-state index contributed by atoms with van der Waals surface area (Å²) in [6.45, 7) is 3.44. The summed E-state index contributed by atoms with van der Waals surface area (Å²) in [4.78, 5) is 42.8. The highest BCUT2D eigenvalue weighted by Crippen LogP contribution is 2.36. The third kappa shape index (κ3) is 45.2. The monoisotopic (exact) mass is 825 g/mol.